The van der Waals surface area contributed by atoms with Crippen molar-refractivity contribution in [2.45, 2.75) is 106 Å². The third-order valence-electron chi connectivity index (χ3n) is 13.4. The molecule has 0 aromatic heterocycles. The zero-order chi connectivity index (χ0) is 23.8. The molecule has 0 amide bonds. The molecule has 0 aromatic carbocycles. The second-order valence-electron chi connectivity index (χ2n) is 14.3. The Labute approximate surface area is 228 Å². The quantitative estimate of drug-likeness (QED) is 0.270. The molecule has 0 aliphatic heterocycles. The highest BCUT2D eigenvalue weighted by Gasteiger charge is 2.78. The van der Waals surface area contributed by atoms with Gasteiger partial charge in [-0.05, 0) is 110 Å². The summed E-state index contributed by atoms with van der Waals surface area (Å²) in [6, 6.07) is 0. The maximum absolute atomic E-state index is 6.33. The number of hydrogen-bond donors (Lipinski definition) is 0. The number of halogens is 3. The van der Waals surface area contributed by atoms with Gasteiger partial charge in [0.15, 0.2) is 0 Å². The van der Waals surface area contributed by atoms with Gasteiger partial charge in [-0.15, -0.1) is 0 Å². The van der Waals surface area contributed by atoms with E-state index in [9.17, 15) is 0 Å². The number of alkyl halides is 3. The van der Waals surface area contributed by atoms with Gasteiger partial charge in [0.25, 0.3) is 0 Å². The lowest BCUT2D eigenvalue weighted by Crippen LogP contribution is -2.57. The minimum atomic E-state index is 0.0627. The minimum absolute atomic E-state index is 0.0627. The lowest BCUT2D eigenvalue weighted by molar-refractivity contribution is -0.161. The molecule has 0 aromatic rings. The summed E-state index contributed by atoms with van der Waals surface area (Å²) in [5, 5.41) is 0. The summed E-state index contributed by atoms with van der Waals surface area (Å²) in [6.07, 6.45) is 13.5. The highest BCUT2D eigenvalue weighted by atomic mass is 79.9. The highest BCUT2D eigenvalue weighted by molar-refractivity contribution is 9.26. The molecular weight excluding hydrogens is 604 g/mol. The van der Waals surface area contributed by atoms with Crippen molar-refractivity contribution < 1.29 is 4.74 Å². The molecule has 6 aliphatic carbocycles. The highest BCUT2D eigenvalue weighted by Crippen LogP contribution is 2.82. The second kappa shape index (κ2) is 7.49. The Morgan fingerprint density at radius 2 is 1.67 bits per heavy atom. The molecule has 0 unspecified atom stereocenters. The molecule has 0 radical (unpaired) electrons. The lowest BCUT2D eigenvalue weighted by Gasteiger charge is -2.61. The molecule has 6 rings (SSSR count). The van der Waals surface area contributed by atoms with Crippen molar-refractivity contribution >= 4 is 47.8 Å². The van der Waals surface area contributed by atoms with Crippen LogP contribution in [0.3, 0.4) is 0 Å². The summed E-state index contributed by atoms with van der Waals surface area (Å²) in [4.78, 5) is 0. The molecule has 188 valence electrons. The fourth-order valence-electron chi connectivity index (χ4n) is 11.7. The monoisotopic (exact) mass is 646 g/mol. The Kier molecular flexibility index (Phi) is 5.61. The van der Waals surface area contributed by atoms with Gasteiger partial charge in [-0.1, -0.05) is 82.4 Å². The summed E-state index contributed by atoms with van der Waals surface area (Å²) < 4.78 is 6.58. The molecule has 0 N–H and O–H groups in total. The predicted octanol–water partition coefficient (Wildman–Crippen LogP) is 9.20. The SMILES string of the molecule is CO[C@@H]1C[C@H]2[C@@H]3CC[C@H]([C@H](C)C[C@@H]4C(Br)(Br)[C@@]4(Br)C(C)C)[C@@]3(C)CC[C@@H]2[C@@]2(C)CC[C@@H]3C[C@]312. The van der Waals surface area contributed by atoms with Gasteiger partial charge in [0.05, 0.1) is 10.4 Å². The van der Waals surface area contributed by atoms with Crippen LogP contribution in [0.5, 0.6) is 0 Å². The number of ether oxygens (including phenoxy) is 1. The molecular formula is C29H45Br3O. The van der Waals surface area contributed by atoms with E-state index in [1.807, 2.05) is 7.11 Å². The minimum Gasteiger partial charge on any atom is -0.381 e. The van der Waals surface area contributed by atoms with Crippen molar-refractivity contribution in [1.82, 2.24) is 0 Å². The van der Waals surface area contributed by atoms with Crippen molar-refractivity contribution in [2.24, 2.45) is 63.6 Å². The number of hydrogen-bond acceptors (Lipinski definition) is 1. The molecule has 1 spiro atoms. The average molecular weight is 649 g/mol. The molecule has 0 bridgehead atoms. The second-order valence-corrected chi connectivity index (χ2v) is 19.2. The Hall–Kier alpha value is 1.40. The maximum atomic E-state index is 6.33. The number of rotatable bonds is 5. The zero-order valence-corrected chi connectivity index (χ0v) is 26.4. The van der Waals surface area contributed by atoms with E-state index in [1.165, 1.54) is 57.8 Å². The van der Waals surface area contributed by atoms with E-state index in [0.717, 1.165) is 35.5 Å². The van der Waals surface area contributed by atoms with Gasteiger partial charge >= 0.3 is 0 Å². The summed E-state index contributed by atoms with van der Waals surface area (Å²) in [5.41, 5.74) is 1.64. The summed E-state index contributed by atoms with van der Waals surface area (Å²) in [5.74, 6) is 6.72. The molecule has 6 aliphatic rings. The van der Waals surface area contributed by atoms with Crippen LogP contribution in [-0.4, -0.2) is 20.8 Å². The van der Waals surface area contributed by atoms with Crippen LogP contribution in [0.2, 0.25) is 0 Å². The third kappa shape index (κ3) is 2.85. The molecule has 0 saturated heterocycles. The van der Waals surface area contributed by atoms with Crippen LogP contribution in [0.25, 0.3) is 0 Å². The van der Waals surface area contributed by atoms with E-state index in [-0.39, 0.29) is 7.56 Å². The Bertz CT molecular complexity index is 828. The largest absolute Gasteiger partial charge is 0.381 e. The average Bonchev–Trinajstić information content (AvgIpc) is 3.44. The topological polar surface area (TPSA) is 9.23 Å². The van der Waals surface area contributed by atoms with E-state index in [0.29, 0.717) is 34.2 Å². The van der Waals surface area contributed by atoms with Crippen LogP contribution >= 0.6 is 47.8 Å². The molecule has 6 fully saturated rings. The van der Waals surface area contributed by atoms with Gasteiger partial charge in [-0.3, -0.25) is 0 Å². The third-order valence-corrected chi connectivity index (χ3v) is 19.0. The smallest absolute Gasteiger partial charge is 0.101 e. The molecule has 12 atom stereocenters. The first kappa shape index (κ1) is 24.7. The van der Waals surface area contributed by atoms with E-state index < -0.39 is 0 Å². The van der Waals surface area contributed by atoms with Crippen LogP contribution in [0.15, 0.2) is 0 Å². The van der Waals surface area contributed by atoms with Crippen LogP contribution in [0, 0.1) is 63.6 Å². The molecule has 4 heteroatoms. The van der Waals surface area contributed by atoms with Crippen molar-refractivity contribution in [3.8, 4) is 0 Å². The van der Waals surface area contributed by atoms with Crippen molar-refractivity contribution in [3.05, 3.63) is 0 Å². The predicted molar refractivity (Wildman–Crippen MR) is 148 cm³/mol. The molecule has 0 heterocycles. The van der Waals surface area contributed by atoms with E-state index in [4.69, 9.17) is 4.74 Å². The Morgan fingerprint density at radius 3 is 2.27 bits per heavy atom. The van der Waals surface area contributed by atoms with Gasteiger partial charge in [-0.2, -0.15) is 0 Å². The summed E-state index contributed by atoms with van der Waals surface area (Å²) in [6.45, 7) is 12.7. The number of methoxy groups -OCH3 is 1. The first-order valence-electron chi connectivity index (χ1n) is 14.0. The lowest BCUT2D eigenvalue weighted by atomic mass is 9.45. The summed E-state index contributed by atoms with van der Waals surface area (Å²) >= 11 is 12.3. The maximum Gasteiger partial charge on any atom is 0.101 e. The molecule has 1 nitrogen and oxygen atoms in total. The fourth-order valence-corrected chi connectivity index (χ4v) is 15.3. The van der Waals surface area contributed by atoms with Crippen LogP contribution < -0.4 is 0 Å². The first-order valence-corrected chi connectivity index (χ1v) is 16.4. The van der Waals surface area contributed by atoms with E-state index in [1.54, 1.807) is 0 Å². The van der Waals surface area contributed by atoms with E-state index in [2.05, 4.69) is 82.4 Å². The number of fused-ring (bicyclic) bond motifs is 4. The van der Waals surface area contributed by atoms with Crippen molar-refractivity contribution in [1.29, 1.82) is 0 Å². The van der Waals surface area contributed by atoms with Crippen LogP contribution in [-0.2, 0) is 4.74 Å². The van der Waals surface area contributed by atoms with Crippen molar-refractivity contribution in [2.75, 3.05) is 7.11 Å². The molecule has 6 saturated carbocycles. The fraction of sp³-hybridized carbons (Fsp3) is 1.00. The first-order chi connectivity index (χ1) is 15.4. The van der Waals surface area contributed by atoms with Crippen LogP contribution in [0.4, 0.5) is 0 Å². The molecule has 33 heavy (non-hydrogen) atoms. The normalized spacial score (nSPS) is 58.9. The van der Waals surface area contributed by atoms with Gasteiger partial charge in [0.1, 0.15) is 3.23 Å². The summed E-state index contributed by atoms with van der Waals surface area (Å²) in [7, 11) is 2.03. The Morgan fingerprint density at radius 1 is 0.939 bits per heavy atom. The van der Waals surface area contributed by atoms with Crippen molar-refractivity contribution in [3.63, 3.8) is 0 Å². The van der Waals surface area contributed by atoms with Gasteiger partial charge in [0, 0.05) is 18.4 Å². The zero-order valence-electron chi connectivity index (χ0n) is 21.6. The van der Waals surface area contributed by atoms with Gasteiger partial charge in [-0.25, -0.2) is 0 Å². The Balaban J connectivity index is 1.23. The van der Waals surface area contributed by atoms with Gasteiger partial charge in [0.2, 0.25) is 0 Å². The van der Waals surface area contributed by atoms with E-state index >= 15 is 0 Å². The standard InChI is InChI=1S/C29H45Br3O/c1-16(2)28(30)23(29(28,31)32)13-17(3)20-7-8-21-19-14-24(33-6)27-15-18(27)9-12-26(27,5)22(19)10-11-25(20,21)4/h16-24H,7-15H2,1-6H3/t17-,18-,19+,20-,21+,22+,23+,24-,25-,26-,27+,28-/m1/s1. The van der Waals surface area contributed by atoms with Crippen LogP contribution in [0.1, 0.15) is 92.4 Å². The van der Waals surface area contributed by atoms with Gasteiger partial charge < -0.3 is 4.74 Å².